The molecule has 1 heterocycles. The van der Waals surface area contributed by atoms with E-state index in [2.05, 4.69) is 22.8 Å². The van der Waals surface area contributed by atoms with E-state index in [9.17, 15) is 20.1 Å². The number of aliphatic hydroxyl groups excluding tert-OH is 2. The van der Waals surface area contributed by atoms with Gasteiger partial charge in [0.05, 0.1) is 24.9 Å². The predicted molar refractivity (Wildman–Crippen MR) is 196 cm³/mol. The molecule has 1 aliphatic rings. The Balaban J connectivity index is 1.14. The zero-order valence-electron chi connectivity index (χ0n) is 28.7. The maximum atomic E-state index is 12.5. The van der Waals surface area contributed by atoms with Crippen molar-refractivity contribution in [2.45, 2.75) is 50.7 Å². The number of ether oxygens (including phenoxy) is 2. The molecule has 1 aliphatic heterocycles. The van der Waals surface area contributed by atoms with Gasteiger partial charge in [0.1, 0.15) is 5.75 Å². The third-order valence-electron chi connectivity index (χ3n) is 9.04. The molecule has 4 unspecified atom stereocenters. The van der Waals surface area contributed by atoms with Crippen LogP contribution >= 0.6 is 0 Å². The van der Waals surface area contributed by atoms with Gasteiger partial charge in [-0.05, 0) is 70.3 Å². The molecule has 0 aromatic heterocycles. The first-order chi connectivity index (χ1) is 24.8. The lowest BCUT2D eigenvalue weighted by atomic mass is 9.98. The van der Waals surface area contributed by atoms with Crippen LogP contribution in [0.2, 0.25) is 0 Å². The van der Waals surface area contributed by atoms with Crippen LogP contribution in [0, 0.1) is 0 Å². The smallest absolute Gasteiger partial charge is 0.315 e. The molecule has 0 saturated carbocycles. The number of hydrogen-bond donors (Lipinski definition) is 5. The summed E-state index contributed by atoms with van der Waals surface area (Å²) in [5.41, 5.74) is 7.36. The van der Waals surface area contributed by atoms with Crippen molar-refractivity contribution in [2.75, 3.05) is 20.1 Å². The van der Waals surface area contributed by atoms with Crippen LogP contribution < -0.4 is 10.6 Å². The number of urea groups is 1. The molecule has 1 fully saturated rings. The van der Waals surface area contributed by atoms with Gasteiger partial charge in [0, 0.05) is 38.2 Å². The number of benzene rings is 5. The molecule has 0 radical (unpaired) electrons. The topological polar surface area (TPSA) is 124 Å². The van der Waals surface area contributed by atoms with Gasteiger partial charge in [0.15, 0.2) is 6.29 Å². The third kappa shape index (κ3) is 10.0. The molecule has 9 nitrogen and oxygen atoms in total. The van der Waals surface area contributed by atoms with Gasteiger partial charge < -0.3 is 40.3 Å². The molecule has 5 aromatic carbocycles. The van der Waals surface area contributed by atoms with E-state index in [1.807, 2.05) is 103 Å². The molecule has 5 aromatic rings. The zero-order chi connectivity index (χ0) is 35.6. The molecule has 1 saturated heterocycles. The van der Waals surface area contributed by atoms with Crippen LogP contribution in [-0.2, 0) is 29.2 Å². The summed E-state index contributed by atoms with van der Waals surface area (Å²) in [5, 5.41) is 36.2. The van der Waals surface area contributed by atoms with E-state index in [0.29, 0.717) is 38.2 Å². The van der Waals surface area contributed by atoms with Gasteiger partial charge in [0.25, 0.3) is 0 Å². The Morgan fingerprint density at radius 3 is 2.20 bits per heavy atom. The summed E-state index contributed by atoms with van der Waals surface area (Å²) in [6.45, 7) is 1.72. The molecular weight excluding hydrogens is 642 g/mol. The molecule has 6 rings (SSSR count). The Morgan fingerprint density at radius 1 is 0.765 bits per heavy atom. The minimum Gasteiger partial charge on any atom is -0.508 e. The van der Waals surface area contributed by atoms with Crippen molar-refractivity contribution in [3.8, 4) is 16.9 Å². The standard InChI is InChI=1S/C42H45N3O6/c1-45(27-39(48)35-13-7-15-37(47)22-35)26-38-23-40(32-18-16-30(28-46)17-19-32)51-41(50-38)36-14-6-12-34(21-36)33-11-5-10-31(20-33)25-44-42(49)43-24-29-8-3-2-4-9-29/h2-22,38-41,46-48H,23-28H2,1H3,(H2,43,44,49). The lowest BCUT2D eigenvalue weighted by Gasteiger charge is -2.38. The summed E-state index contributed by atoms with van der Waals surface area (Å²) in [6, 6.07) is 40.2. The summed E-state index contributed by atoms with van der Waals surface area (Å²) in [4.78, 5) is 14.5. The number of aromatic hydroxyl groups is 1. The number of phenols is 1. The fourth-order valence-electron chi connectivity index (χ4n) is 6.34. The number of nitrogens with zero attached hydrogens (tertiary/aromatic N) is 1. The number of hydrogen-bond acceptors (Lipinski definition) is 7. The first-order valence-corrected chi connectivity index (χ1v) is 17.2. The molecule has 51 heavy (non-hydrogen) atoms. The van der Waals surface area contributed by atoms with E-state index in [-0.39, 0.29) is 30.6 Å². The van der Waals surface area contributed by atoms with Gasteiger partial charge in [0.2, 0.25) is 0 Å². The maximum Gasteiger partial charge on any atom is 0.315 e. The molecular formula is C42H45N3O6. The first-order valence-electron chi connectivity index (χ1n) is 17.2. The van der Waals surface area contributed by atoms with Crippen molar-refractivity contribution >= 4 is 6.03 Å². The summed E-state index contributed by atoms with van der Waals surface area (Å²) in [7, 11) is 1.94. The van der Waals surface area contributed by atoms with Crippen molar-refractivity contribution in [2.24, 2.45) is 0 Å². The van der Waals surface area contributed by atoms with Gasteiger partial charge in [-0.15, -0.1) is 0 Å². The Morgan fingerprint density at radius 2 is 1.45 bits per heavy atom. The second kappa shape index (κ2) is 17.3. The van der Waals surface area contributed by atoms with Crippen molar-refractivity contribution in [3.05, 3.63) is 161 Å². The molecule has 4 atom stereocenters. The summed E-state index contributed by atoms with van der Waals surface area (Å²) in [5.74, 6) is 0.118. The van der Waals surface area contributed by atoms with E-state index in [0.717, 1.165) is 38.9 Å². The van der Waals surface area contributed by atoms with Crippen molar-refractivity contribution in [3.63, 3.8) is 0 Å². The van der Waals surface area contributed by atoms with Gasteiger partial charge in [-0.3, -0.25) is 0 Å². The summed E-state index contributed by atoms with van der Waals surface area (Å²) in [6.07, 6.45) is -1.27. The largest absolute Gasteiger partial charge is 0.508 e. The van der Waals surface area contributed by atoms with E-state index < -0.39 is 12.4 Å². The normalized spacial score (nSPS) is 17.9. The number of carbonyl (C=O) groups excluding carboxylic acids is 1. The van der Waals surface area contributed by atoms with Crippen LogP contribution in [-0.4, -0.2) is 52.5 Å². The fourth-order valence-corrected chi connectivity index (χ4v) is 6.34. The quantitative estimate of drug-likeness (QED) is 0.0927. The first kappa shape index (κ1) is 35.8. The van der Waals surface area contributed by atoms with Gasteiger partial charge >= 0.3 is 6.03 Å². The van der Waals surface area contributed by atoms with Crippen LogP contribution in [0.5, 0.6) is 5.75 Å². The van der Waals surface area contributed by atoms with Crippen LogP contribution in [0.1, 0.15) is 58.3 Å². The highest BCUT2D eigenvalue weighted by Gasteiger charge is 2.33. The lowest BCUT2D eigenvalue weighted by Crippen LogP contribution is -2.39. The predicted octanol–water partition coefficient (Wildman–Crippen LogP) is 6.76. The van der Waals surface area contributed by atoms with Crippen LogP contribution in [0.3, 0.4) is 0 Å². The number of aliphatic hydroxyl groups is 2. The van der Waals surface area contributed by atoms with Crippen LogP contribution in [0.15, 0.2) is 127 Å². The van der Waals surface area contributed by atoms with Crippen molar-refractivity contribution < 1.29 is 29.6 Å². The Bertz CT molecular complexity index is 1870. The number of amides is 2. The minimum atomic E-state index is -0.772. The highest BCUT2D eigenvalue weighted by atomic mass is 16.7. The van der Waals surface area contributed by atoms with Gasteiger partial charge in [-0.2, -0.15) is 0 Å². The molecule has 0 bridgehead atoms. The van der Waals surface area contributed by atoms with E-state index in [1.165, 1.54) is 0 Å². The monoisotopic (exact) mass is 687 g/mol. The molecule has 2 amide bonds. The minimum absolute atomic E-state index is 0.0298. The Labute approximate surface area is 299 Å². The molecule has 0 spiro atoms. The third-order valence-corrected chi connectivity index (χ3v) is 9.04. The second-order valence-electron chi connectivity index (χ2n) is 13.0. The maximum absolute atomic E-state index is 12.5. The molecule has 0 aliphatic carbocycles. The van der Waals surface area contributed by atoms with E-state index in [4.69, 9.17) is 9.47 Å². The van der Waals surface area contributed by atoms with Crippen molar-refractivity contribution in [1.29, 1.82) is 0 Å². The van der Waals surface area contributed by atoms with Crippen molar-refractivity contribution in [1.82, 2.24) is 15.5 Å². The Kier molecular flexibility index (Phi) is 12.1. The van der Waals surface area contributed by atoms with Gasteiger partial charge in [-0.25, -0.2) is 4.79 Å². The average molecular weight is 688 g/mol. The molecule has 264 valence electrons. The number of phenolic OH excluding ortho intramolecular Hbond substituents is 1. The summed E-state index contributed by atoms with van der Waals surface area (Å²) >= 11 is 0. The highest BCUT2D eigenvalue weighted by Crippen LogP contribution is 2.39. The highest BCUT2D eigenvalue weighted by molar-refractivity contribution is 5.74. The lowest BCUT2D eigenvalue weighted by molar-refractivity contribution is -0.252. The zero-order valence-corrected chi connectivity index (χ0v) is 28.7. The summed E-state index contributed by atoms with van der Waals surface area (Å²) < 4.78 is 13.2. The van der Waals surface area contributed by atoms with Gasteiger partial charge in [-0.1, -0.05) is 103 Å². The number of rotatable bonds is 13. The Hall–Kier alpha value is -5.03. The second-order valence-corrected chi connectivity index (χ2v) is 13.0. The van der Waals surface area contributed by atoms with E-state index in [1.54, 1.807) is 24.3 Å². The molecule has 9 heteroatoms. The average Bonchev–Trinajstić information content (AvgIpc) is 3.16. The fraction of sp³-hybridized carbons (Fsp3) is 0.262. The van der Waals surface area contributed by atoms with Crippen LogP contribution in [0.4, 0.5) is 4.79 Å². The SMILES string of the molecule is CN(CC1CC(c2ccc(CO)cc2)OC(c2cccc(-c3cccc(CNC(=O)NCc4ccccc4)c3)c2)O1)CC(O)c1cccc(O)c1. The van der Waals surface area contributed by atoms with Crippen LogP contribution in [0.25, 0.3) is 11.1 Å². The number of likely N-dealkylation sites (N-methyl/N-ethyl adjacent to an activating group) is 1. The number of carbonyl (C=O) groups is 1. The number of nitrogens with one attached hydrogen (secondary N) is 2. The van der Waals surface area contributed by atoms with E-state index >= 15 is 0 Å². The molecule has 5 N–H and O–H groups in total.